The lowest BCUT2D eigenvalue weighted by atomic mass is 9.97. The Balaban J connectivity index is 1.30. The number of morpholine rings is 1. The summed E-state index contributed by atoms with van der Waals surface area (Å²) in [7, 11) is 1.67. The van der Waals surface area contributed by atoms with Crippen LogP contribution in [0.2, 0.25) is 0 Å². The largest absolute Gasteiger partial charge is 0.497 e. The molecule has 2 aliphatic heterocycles. The highest BCUT2D eigenvalue weighted by Gasteiger charge is 2.31. The zero-order chi connectivity index (χ0) is 20.8. The second-order valence-electron chi connectivity index (χ2n) is 7.95. The molecule has 2 aromatic carbocycles. The van der Waals surface area contributed by atoms with Crippen molar-refractivity contribution in [3.05, 3.63) is 42.0 Å². The summed E-state index contributed by atoms with van der Waals surface area (Å²) in [6.07, 6.45) is 1.05. The van der Waals surface area contributed by atoms with E-state index in [-0.39, 0.29) is 12.1 Å². The van der Waals surface area contributed by atoms with E-state index in [2.05, 4.69) is 27.7 Å². The molecule has 0 radical (unpaired) electrons. The Morgan fingerprint density at radius 1 is 1.10 bits per heavy atom. The fourth-order valence-corrected chi connectivity index (χ4v) is 4.31. The third kappa shape index (κ3) is 5.22. The Bertz CT molecular complexity index is 847. The van der Waals surface area contributed by atoms with Gasteiger partial charge in [0.05, 0.1) is 26.9 Å². The van der Waals surface area contributed by atoms with Crippen molar-refractivity contribution in [2.75, 3.05) is 53.2 Å². The molecule has 2 aliphatic rings. The van der Waals surface area contributed by atoms with Crippen LogP contribution in [0.25, 0.3) is 10.8 Å². The summed E-state index contributed by atoms with van der Waals surface area (Å²) in [4.78, 5) is 14.9. The van der Waals surface area contributed by atoms with Crippen molar-refractivity contribution in [2.45, 2.75) is 19.0 Å². The molecule has 2 N–H and O–H groups in total. The first-order chi connectivity index (χ1) is 14.7. The van der Waals surface area contributed by atoms with Crippen molar-refractivity contribution in [1.82, 2.24) is 15.5 Å². The summed E-state index contributed by atoms with van der Waals surface area (Å²) in [5.41, 5.74) is 1.07. The fraction of sp³-hybridized carbons (Fsp3) is 0.522. The van der Waals surface area contributed by atoms with Gasteiger partial charge in [0.1, 0.15) is 5.75 Å². The first kappa shape index (κ1) is 20.9. The SMILES string of the molecule is COc1ccc2cc(CNC(=O)NC[C@@H]([C@H]3CCOC3)N3CCOCC3)ccc2c1. The first-order valence-electron chi connectivity index (χ1n) is 10.7. The molecule has 2 heterocycles. The van der Waals surface area contributed by atoms with E-state index in [0.717, 1.165) is 68.0 Å². The van der Waals surface area contributed by atoms with Gasteiger partial charge < -0.3 is 24.8 Å². The van der Waals surface area contributed by atoms with Crippen LogP contribution < -0.4 is 15.4 Å². The summed E-state index contributed by atoms with van der Waals surface area (Å²) < 4.78 is 16.4. The lowest BCUT2D eigenvalue weighted by molar-refractivity contribution is 0.00212. The van der Waals surface area contributed by atoms with Crippen molar-refractivity contribution in [3.63, 3.8) is 0 Å². The van der Waals surface area contributed by atoms with Gasteiger partial charge in [-0.2, -0.15) is 0 Å². The van der Waals surface area contributed by atoms with Gasteiger partial charge in [-0.1, -0.05) is 18.2 Å². The van der Waals surface area contributed by atoms with Crippen LogP contribution in [0, 0.1) is 5.92 Å². The van der Waals surface area contributed by atoms with Crippen LogP contribution in [0.15, 0.2) is 36.4 Å². The summed E-state index contributed by atoms with van der Waals surface area (Å²) in [5, 5.41) is 8.31. The molecule has 0 bridgehead atoms. The minimum absolute atomic E-state index is 0.137. The predicted molar refractivity (Wildman–Crippen MR) is 116 cm³/mol. The zero-order valence-corrected chi connectivity index (χ0v) is 17.6. The van der Waals surface area contributed by atoms with Gasteiger partial charge in [0.25, 0.3) is 0 Å². The normalized spacial score (nSPS) is 20.8. The number of hydrogen-bond donors (Lipinski definition) is 2. The maximum absolute atomic E-state index is 12.5. The van der Waals surface area contributed by atoms with Crippen LogP contribution in [-0.2, 0) is 16.0 Å². The lowest BCUT2D eigenvalue weighted by Gasteiger charge is -2.37. The number of amides is 2. The Hall–Kier alpha value is -2.35. The van der Waals surface area contributed by atoms with Gasteiger partial charge in [-0.05, 0) is 41.0 Å². The highest BCUT2D eigenvalue weighted by atomic mass is 16.5. The number of ether oxygens (including phenoxy) is 3. The van der Waals surface area contributed by atoms with E-state index < -0.39 is 0 Å². The Morgan fingerprint density at radius 3 is 2.67 bits per heavy atom. The minimum atomic E-state index is -0.137. The first-order valence-corrected chi connectivity index (χ1v) is 10.7. The topological polar surface area (TPSA) is 72.1 Å². The van der Waals surface area contributed by atoms with Gasteiger partial charge in [0.2, 0.25) is 0 Å². The number of carbonyl (C=O) groups is 1. The molecule has 2 amide bonds. The number of rotatable bonds is 7. The quantitative estimate of drug-likeness (QED) is 0.729. The van der Waals surface area contributed by atoms with Crippen LogP contribution in [0.3, 0.4) is 0 Å². The third-order valence-electron chi connectivity index (χ3n) is 6.06. The summed E-state index contributed by atoms with van der Waals surface area (Å²) >= 11 is 0. The van der Waals surface area contributed by atoms with Crippen molar-refractivity contribution < 1.29 is 19.0 Å². The maximum Gasteiger partial charge on any atom is 0.315 e. The molecular formula is C23H31N3O4. The number of urea groups is 1. The molecule has 2 fully saturated rings. The second kappa shape index (κ2) is 10.1. The highest BCUT2D eigenvalue weighted by molar-refractivity contribution is 5.84. The van der Waals surface area contributed by atoms with E-state index in [9.17, 15) is 4.79 Å². The van der Waals surface area contributed by atoms with Crippen LogP contribution in [0.4, 0.5) is 4.79 Å². The Morgan fingerprint density at radius 2 is 1.90 bits per heavy atom. The van der Waals surface area contributed by atoms with Crippen molar-refractivity contribution in [3.8, 4) is 5.75 Å². The summed E-state index contributed by atoms with van der Waals surface area (Å²) in [6, 6.07) is 12.3. The van der Waals surface area contributed by atoms with Crippen LogP contribution in [0.5, 0.6) is 5.75 Å². The molecule has 2 saturated heterocycles. The molecule has 30 heavy (non-hydrogen) atoms. The third-order valence-corrected chi connectivity index (χ3v) is 6.06. The number of hydrogen-bond acceptors (Lipinski definition) is 5. The molecule has 2 aromatic rings. The van der Waals surface area contributed by atoms with Gasteiger partial charge in [0.15, 0.2) is 0 Å². The number of methoxy groups -OCH3 is 1. The van der Waals surface area contributed by atoms with Gasteiger partial charge in [-0.3, -0.25) is 4.90 Å². The number of nitrogens with one attached hydrogen (secondary N) is 2. The monoisotopic (exact) mass is 413 g/mol. The molecule has 4 rings (SSSR count). The van der Waals surface area contributed by atoms with Gasteiger partial charge in [-0.25, -0.2) is 4.79 Å². The van der Waals surface area contributed by atoms with Gasteiger partial charge >= 0.3 is 6.03 Å². The van der Waals surface area contributed by atoms with E-state index >= 15 is 0 Å². The average molecular weight is 414 g/mol. The molecule has 0 aromatic heterocycles. The van der Waals surface area contributed by atoms with E-state index in [4.69, 9.17) is 14.2 Å². The molecular weight excluding hydrogens is 382 g/mol. The number of carbonyl (C=O) groups excluding carboxylic acids is 1. The van der Waals surface area contributed by atoms with Crippen molar-refractivity contribution >= 4 is 16.8 Å². The maximum atomic E-state index is 12.5. The van der Waals surface area contributed by atoms with Gasteiger partial charge in [0, 0.05) is 44.7 Å². The van der Waals surface area contributed by atoms with Crippen molar-refractivity contribution in [2.24, 2.45) is 5.92 Å². The minimum Gasteiger partial charge on any atom is -0.497 e. The van der Waals surface area contributed by atoms with E-state index in [1.807, 2.05) is 24.3 Å². The fourth-order valence-electron chi connectivity index (χ4n) is 4.31. The number of fused-ring (bicyclic) bond motifs is 1. The van der Waals surface area contributed by atoms with E-state index in [1.54, 1.807) is 7.11 Å². The second-order valence-corrected chi connectivity index (χ2v) is 7.95. The van der Waals surface area contributed by atoms with Crippen molar-refractivity contribution in [1.29, 1.82) is 0 Å². The molecule has 0 spiro atoms. The number of benzene rings is 2. The summed E-state index contributed by atoms with van der Waals surface area (Å²) in [5.74, 6) is 1.30. The smallest absolute Gasteiger partial charge is 0.315 e. The van der Waals surface area contributed by atoms with E-state index in [1.165, 1.54) is 0 Å². The molecule has 162 valence electrons. The lowest BCUT2D eigenvalue weighted by Crippen LogP contribution is -2.53. The molecule has 7 nitrogen and oxygen atoms in total. The van der Waals surface area contributed by atoms with E-state index in [0.29, 0.717) is 19.0 Å². The van der Waals surface area contributed by atoms with Crippen LogP contribution >= 0.6 is 0 Å². The standard InChI is InChI=1S/C23H31N3O4/c1-28-21-5-4-18-12-17(2-3-19(18)13-21)14-24-23(27)25-15-22(20-6-9-30-16-20)26-7-10-29-11-8-26/h2-5,12-13,20,22H,6-11,14-16H2,1H3,(H2,24,25,27)/t20-,22-/m0/s1. The Kier molecular flexibility index (Phi) is 7.04. The van der Waals surface area contributed by atoms with Crippen LogP contribution in [0.1, 0.15) is 12.0 Å². The summed E-state index contributed by atoms with van der Waals surface area (Å²) in [6.45, 7) is 6.02. The van der Waals surface area contributed by atoms with Gasteiger partial charge in [-0.15, -0.1) is 0 Å². The molecule has 0 saturated carbocycles. The zero-order valence-electron chi connectivity index (χ0n) is 17.6. The molecule has 7 heteroatoms. The highest BCUT2D eigenvalue weighted by Crippen LogP contribution is 2.23. The predicted octanol–water partition coefficient (Wildman–Crippen LogP) is 2.38. The average Bonchev–Trinajstić information content (AvgIpc) is 3.32. The Labute approximate surface area is 177 Å². The van der Waals surface area contributed by atoms with Crippen LogP contribution in [-0.4, -0.2) is 70.1 Å². The number of nitrogens with zero attached hydrogens (tertiary/aromatic N) is 1. The molecule has 0 aliphatic carbocycles. The molecule has 0 unspecified atom stereocenters. The molecule has 2 atom stereocenters.